The Morgan fingerprint density at radius 3 is 2.56 bits per heavy atom. The van der Waals surface area contributed by atoms with Gasteiger partial charge < -0.3 is 20.5 Å². The van der Waals surface area contributed by atoms with Gasteiger partial charge in [-0.25, -0.2) is 0 Å². The van der Waals surface area contributed by atoms with Crippen LogP contribution in [0.4, 0.5) is 5.69 Å². The van der Waals surface area contributed by atoms with Crippen LogP contribution < -0.4 is 25.8 Å². The van der Waals surface area contributed by atoms with Gasteiger partial charge in [0.15, 0.2) is 11.5 Å². The summed E-state index contributed by atoms with van der Waals surface area (Å²) in [6.45, 7) is 0.253. The van der Waals surface area contributed by atoms with Gasteiger partial charge in [-0.1, -0.05) is 18.2 Å². The Morgan fingerprint density at radius 2 is 1.76 bits per heavy atom. The molecule has 128 valence electrons. The lowest BCUT2D eigenvalue weighted by atomic mass is 10.1. The van der Waals surface area contributed by atoms with Gasteiger partial charge in [0.1, 0.15) is 0 Å². The Labute approximate surface area is 142 Å². The van der Waals surface area contributed by atoms with Crippen LogP contribution in [0.3, 0.4) is 0 Å². The number of para-hydroxylation sites is 1. The first-order chi connectivity index (χ1) is 12.0. The third-order valence-corrected chi connectivity index (χ3v) is 3.53. The molecule has 2 aromatic rings. The number of benzene rings is 2. The molecule has 1 aliphatic rings. The predicted octanol–water partition coefficient (Wildman–Crippen LogP) is 0.570. The maximum Gasteiger partial charge on any atom is 0.316 e. The van der Waals surface area contributed by atoms with E-state index in [1.165, 1.54) is 12.1 Å². The first kappa shape index (κ1) is 16.3. The Hall–Kier alpha value is -3.55. The number of anilines is 1. The molecule has 0 aliphatic carbocycles. The van der Waals surface area contributed by atoms with Crippen molar-refractivity contribution in [2.24, 2.45) is 0 Å². The molecule has 0 unspecified atom stereocenters. The summed E-state index contributed by atoms with van der Waals surface area (Å²) >= 11 is 0. The van der Waals surface area contributed by atoms with Gasteiger partial charge >= 0.3 is 11.8 Å². The molecule has 0 saturated heterocycles. The van der Waals surface area contributed by atoms with Gasteiger partial charge in [-0.2, -0.15) is 0 Å². The summed E-state index contributed by atoms with van der Waals surface area (Å²) in [7, 11) is 0. The lowest BCUT2D eigenvalue weighted by Gasteiger charge is -2.08. The topological polar surface area (TPSA) is 120 Å². The van der Waals surface area contributed by atoms with E-state index < -0.39 is 17.7 Å². The van der Waals surface area contributed by atoms with E-state index in [2.05, 4.69) is 5.32 Å². The summed E-state index contributed by atoms with van der Waals surface area (Å²) in [5.74, 6) is -1.53. The van der Waals surface area contributed by atoms with E-state index in [0.717, 1.165) is 5.56 Å². The Balaban J connectivity index is 1.55. The molecule has 0 aromatic heterocycles. The third kappa shape index (κ3) is 3.69. The van der Waals surface area contributed by atoms with Crippen molar-refractivity contribution in [3.05, 3.63) is 53.6 Å². The second-order valence-corrected chi connectivity index (χ2v) is 5.24. The molecule has 3 amide bonds. The fraction of sp³-hybridized carbons (Fsp3) is 0.118. The summed E-state index contributed by atoms with van der Waals surface area (Å²) < 4.78 is 10.4. The van der Waals surface area contributed by atoms with Crippen LogP contribution in [0.2, 0.25) is 0 Å². The molecule has 4 N–H and O–H groups in total. The first-order valence-electron chi connectivity index (χ1n) is 7.41. The zero-order valence-corrected chi connectivity index (χ0v) is 13.1. The molecule has 0 spiro atoms. The average Bonchev–Trinajstić information content (AvgIpc) is 3.07. The SMILES string of the molecule is Nc1ccccc1C(=O)NC(=O)C(=O)NCc1ccc2c(c1)OCO2. The number of carbonyl (C=O) groups is 3. The molecule has 0 radical (unpaired) electrons. The number of imide groups is 1. The van der Waals surface area contributed by atoms with E-state index in [1.54, 1.807) is 30.3 Å². The van der Waals surface area contributed by atoms with E-state index in [-0.39, 0.29) is 24.6 Å². The Morgan fingerprint density at radius 1 is 1.00 bits per heavy atom. The standard InChI is InChI=1S/C17H15N3O5/c18-12-4-2-1-3-11(12)15(21)20-17(23)16(22)19-8-10-5-6-13-14(7-10)25-9-24-13/h1-7H,8-9,18H2,(H,19,22)(H,20,21,23). The maximum atomic E-state index is 12.0. The molecule has 1 aliphatic heterocycles. The molecule has 2 aromatic carbocycles. The lowest BCUT2D eigenvalue weighted by molar-refractivity contribution is -0.138. The number of hydrogen-bond acceptors (Lipinski definition) is 6. The molecule has 0 bridgehead atoms. The van der Waals surface area contributed by atoms with Crippen LogP contribution in [0.15, 0.2) is 42.5 Å². The highest BCUT2D eigenvalue weighted by Gasteiger charge is 2.19. The average molecular weight is 341 g/mol. The van der Waals surface area contributed by atoms with E-state index in [0.29, 0.717) is 11.5 Å². The van der Waals surface area contributed by atoms with Crippen molar-refractivity contribution in [2.75, 3.05) is 12.5 Å². The predicted molar refractivity (Wildman–Crippen MR) is 87.7 cm³/mol. The number of fused-ring (bicyclic) bond motifs is 1. The molecule has 0 fully saturated rings. The van der Waals surface area contributed by atoms with E-state index >= 15 is 0 Å². The summed E-state index contributed by atoms with van der Waals surface area (Å²) in [4.78, 5) is 35.6. The van der Waals surface area contributed by atoms with Crippen molar-refractivity contribution in [3.8, 4) is 11.5 Å². The zero-order chi connectivity index (χ0) is 17.8. The van der Waals surface area contributed by atoms with Crippen LogP contribution in [0, 0.1) is 0 Å². The highest BCUT2D eigenvalue weighted by Crippen LogP contribution is 2.32. The van der Waals surface area contributed by atoms with Gasteiger partial charge in [-0.3, -0.25) is 19.7 Å². The van der Waals surface area contributed by atoms with Gasteiger partial charge in [0.25, 0.3) is 5.91 Å². The van der Waals surface area contributed by atoms with E-state index in [1.807, 2.05) is 5.32 Å². The van der Waals surface area contributed by atoms with Crippen LogP contribution >= 0.6 is 0 Å². The number of rotatable bonds is 3. The Bertz CT molecular complexity index is 850. The molecule has 8 heteroatoms. The summed E-state index contributed by atoms with van der Waals surface area (Å²) in [5.41, 5.74) is 6.72. The lowest BCUT2D eigenvalue weighted by Crippen LogP contribution is -2.42. The number of carbonyl (C=O) groups excluding carboxylic acids is 3. The second kappa shape index (κ2) is 6.91. The van der Waals surface area contributed by atoms with Crippen molar-refractivity contribution in [2.45, 2.75) is 6.54 Å². The molecule has 8 nitrogen and oxygen atoms in total. The van der Waals surface area contributed by atoms with Crippen LogP contribution in [0.1, 0.15) is 15.9 Å². The Kier molecular flexibility index (Phi) is 4.51. The number of ether oxygens (including phenoxy) is 2. The minimum atomic E-state index is -1.06. The number of hydrogen-bond donors (Lipinski definition) is 3. The quantitative estimate of drug-likeness (QED) is 0.555. The molecular formula is C17H15N3O5. The normalized spacial score (nSPS) is 11.7. The molecule has 0 atom stereocenters. The third-order valence-electron chi connectivity index (χ3n) is 3.53. The van der Waals surface area contributed by atoms with Crippen LogP contribution in [-0.2, 0) is 16.1 Å². The number of nitrogen functional groups attached to an aromatic ring is 1. The molecule has 1 heterocycles. The largest absolute Gasteiger partial charge is 0.454 e. The van der Waals surface area contributed by atoms with Crippen molar-refractivity contribution in [3.63, 3.8) is 0 Å². The highest BCUT2D eigenvalue weighted by molar-refractivity contribution is 6.38. The van der Waals surface area contributed by atoms with Gasteiger partial charge in [-0.05, 0) is 29.8 Å². The van der Waals surface area contributed by atoms with Crippen LogP contribution in [-0.4, -0.2) is 24.5 Å². The van der Waals surface area contributed by atoms with Gasteiger partial charge in [0.05, 0.1) is 5.56 Å². The van der Waals surface area contributed by atoms with Crippen LogP contribution in [0.25, 0.3) is 0 Å². The number of nitrogens with one attached hydrogen (secondary N) is 2. The number of nitrogens with two attached hydrogens (primary N) is 1. The smallest absolute Gasteiger partial charge is 0.316 e. The summed E-state index contributed by atoms with van der Waals surface area (Å²) in [6, 6.07) is 11.4. The maximum absolute atomic E-state index is 12.0. The van der Waals surface area contributed by atoms with Crippen molar-refractivity contribution < 1.29 is 23.9 Å². The fourth-order valence-corrected chi connectivity index (χ4v) is 2.24. The van der Waals surface area contributed by atoms with Crippen LogP contribution in [0.5, 0.6) is 11.5 Å². The minimum Gasteiger partial charge on any atom is -0.454 e. The first-order valence-corrected chi connectivity index (χ1v) is 7.41. The fourth-order valence-electron chi connectivity index (χ4n) is 2.24. The minimum absolute atomic E-state index is 0.102. The zero-order valence-electron chi connectivity index (χ0n) is 13.1. The molecular weight excluding hydrogens is 326 g/mol. The second-order valence-electron chi connectivity index (χ2n) is 5.24. The molecule has 3 rings (SSSR count). The van der Waals surface area contributed by atoms with Gasteiger partial charge in [-0.15, -0.1) is 0 Å². The molecule has 25 heavy (non-hydrogen) atoms. The summed E-state index contributed by atoms with van der Waals surface area (Å²) in [5, 5.41) is 4.43. The van der Waals surface area contributed by atoms with E-state index in [9.17, 15) is 14.4 Å². The van der Waals surface area contributed by atoms with Crippen molar-refractivity contribution >= 4 is 23.4 Å². The number of amides is 3. The van der Waals surface area contributed by atoms with Crippen molar-refractivity contribution in [1.82, 2.24) is 10.6 Å². The van der Waals surface area contributed by atoms with E-state index in [4.69, 9.17) is 15.2 Å². The summed E-state index contributed by atoms with van der Waals surface area (Å²) in [6.07, 6.45) is 0. The van der Waals surface area contributed by atoms with Gasteiger partial charge in [0.2, 0.25) is 6.79 Å². The highest BCUT2D eigenvalue weighted by atomic mass is 16.7. The van der Waals surface area contributed by atoms with Crippen molar-refractivity contribution in [1.29, 1.82) is 0 Å². The monoisotopic (exact) mass is 341 g/mol. The van der Waals surface area contributed by atoms with Gasteiger partial charge in [0, 0.05) is 12.2 Å². The molecule has 0 saturated carbocycles.